The van der Waals surface area contributed by atoms with Crippen molar-refractivity contribution in [2.75, 3.05) is 7.11 Å². The zero-order chi connectivity index (χ0) is 9.61. The van der Waals surface area contributed by atoms with Crippen molar-refractivity contribution in [1.29, 1.82) is 0 Å². The molecule has 0 saturated heterocycles. The topological polar surface area (TPSA) is 9.23 Å². The molecule has 1 nitrogen and oxygen atoms in total. The molecule has 1 unspecified atom stereocenters. The summed E-state index contributed by atoms with van der Waals surface area (Å²) in [7, 11) is 0.247. The summed E-state index contributed by atoms with van der Waals surface area (Å²) in [6, 6.07) is 2.27. The van der Waals surface area contributed by atoms with E-state index >= 15 is 0 Å². The molecule has 0 amide bonds. The maximum atomic E-state index is 6.34. The standard InChI is InChI=1S/C9H21ClOSi/c1-5-8-9(10)12(6-2,7-3)11-4/h9H,5-8H2,1-4H3. The lowest BCUT2D eigenvalue weighted by molar-refractivity contribution is 0.386. The highest BCUT2D eigenvalue weighted by atomic mass is 35.5. The first-order valence-corrected chi connectivity index (χ1v) is 7.69. The monoisotopic (exact) mass is 208 g/mol. The third kappa shape index (κ3) is 2.75. The minimum Gasteiger partial charge on any atom is -0.418 e. The molecule has 0 radical (unpaired) electrons. The third-order valence-electron chi connectivity index (χ3n) is 2.72. The molecule has 0 aliphatic rings. The summed E-state index contributed by atoms with van der Waals surface area (Å²) in [6.07, 6.45) is 2.26. The van der Waals surface area contributed by atoms with Gasteiger partial charge in [-0.25, -0.2) is 0 Å². The van der Waals surface area contributed by atoms with E-state index in [2.05, 4.69) is 20.8 Å². The highest BCUT2D eigenvalue weighted by Gasteiger charge is 2.37. The fourth-order valence-corrected chi connectivity index (χ4v) is 6.07. The summed E-state index contributed by atoms with van der Waals surface area (Å²) >= 11 is 6.34. The van der Waals surface area contributed by atoms with Gasteiger partial charge in [0.25, 0.3) is 0 Å². The first-order chi connectivity index (χ1) is 5.66. The second-order valence-electron chi connectivity index (χ2n) is 3.23. The Labute approximate surface area is 82.6 Å². The summed E-state index contributed by atoms with van der Waals surface area (Å²) in [5.74, 6) is 0. The van der Waals surface area contributed by atoms with Gasteiger partial charge in [0.15, 0.2) is 0 Å². The van der Waals surface area contributed by atoms with Crippen molar-refractivity contribution in [3.63, 3.8) is 0 Å². The molecule has 1 atom stereocenters. The summed E-state index contributed by atoms with van der Waals surface area (Å²) < 4.78 is 5.66. The lowest BCUT2D eigenvalue weighted by Crippen LogP contribution is -2.45. The van der Waals surface area contributed by atoms with Gasteiger partial charge in [-0.15, -0.1) is 11.6 Å². The molecule has 74 valence electrons. The summed E-state index contributed by atoms with van der Waals surface area (Å²) in [4.78, 5) is 0. The summed E-state index contributed by atoms with van der Waals surface area (Å²) in [5.41, 5.74) is 0. The zero-order valence-electron chi connectivity index (χ0n) is 8.69. The predicted octanol–water partition coefficient (Wildman–Crippen LogP) is 3.56. The molecule has 0 fully saturated rings. The molecular weight excluding hydrogens is 188 g/mol. The van der Waals surface area contributed by atoms with Crippen LogP contribution in [0.5, 0.6) is 0 Å². The quantitative estimate of drug-likeness (QED) is 0.479. The second-order valence-corrected chi connectivity index (χ2v) is 8.77. The number of alkyl halides is 1. The van der Waals surface area contributed by atoms with Gasteiger partial charge in [0.2, 0.25) is 8.32 Å². The van der Waals surface area contributed by atoms with Gasteiger partial charge in [-0.2, -0.15) is 0 Å². The van der Waals surface area contributed by atoms with E-state index in [1.165, 1.54) is 0 Å². The molecule has 0 spiro atoms. The van der Waals surface area contributed by atoms with Gasteiger partial charge >= 0.3 is 0 Å². The molecule has 0 rings (SSSR count). The van der Waals surface area contributed by atoms with Crippen molar-refractivity contribution in [3.05, 3.63) is 0 Å². The predicted molar refractivity (Wildman–Crippen MR) is 58.3 cm³/mol. The molecule has 0 bridgehead atoms. The van der Waals surface area contributed by atoms with Gasteiger partial charge in [0.05, 0.1) is 5.00 Å². The van der Waals surface area contributed by atoms with Crippen LogP contribution in [0, 0.1) is 0 Å². The van der Waals surface area contributed by atoms with Crippen molar-refractivity contribution in [3.8, 4) is 0 Å². The van der Waals surface area contributed by atoms with E-state index in [4.69, 9.17) is 16.0 Å². The normalized spacial score (nSPS) is 14.8. The Morgan fingerprint density at radius 1 is 1.25 bits per heavy atom. The maximum absolute atomic E-state index is 6.34. The summed E-state index contributed by atoms with van der Waals surface area (Å²) in [6.45, 7) is 6.57. The fourth-order valence-electron chi connectivity index (χ4n) is 1.63. The highest BCUT2D eigenvalue weighted by molar-refractivity contribution is 6.81. The van der Waals surface area contributed by atoms with Gasteiger partial charge in [-0.05, 0) is 18.5 Å². The second kappa shape index (κ2) is 6.00. The van der Waals surface area contributed by atoms with E-state index in [1.54, 1.807) is 0 Å². The van der Waals surface area contributed by atoms with Crippen LogP contribution in [0.15, 0.2) is 0 Å². The van der Waals surface area contributed by atoms with Crippen LogP contribution in [-0.2, 0) is 4.43 Å². The van der Waals surface area contributed by atoms with E-state index in [9.17, 15) is 0 Å². The molecule has 0 N–H and O–H groups in total. The van der Waals surface area contributed by atoms with Crippen LogP contribution >= 0.6 is 11.6 Å². The van der Waals surface area contributed by atoms with Crippen LogP contribution in [-0.4, -0.2) is 20.4 Å². The van der Waals surface area contributed by atoms with Crippen LogP contribution in [0.25, 0.3) is 0 Å². The molecule has 12 heavy (non-hydrogen) atoms. The summed E-state index contributed by atoms with van der Waals surface area (Å²) in [5, 5.41) is 0.294. The molecular formula is C9H21ClOSi. The van der Waals surface area contributed by atoms with Gasteiger partial charge in [0.1, 0.15) is 0 Å². The molecule has 0 aromatic carbocycles. The first-order valence-electron chi connectivity index (χ1n) is 4.86. The molecule has 0 aliphatic heterocycles. The van der Waals surface area contributed by atoms with E-state index in [-0.39, 0.29) is 0 Å². The Balaban J connectivity index is 4.24. The Bertz CT molecular complexity index is 107. The van der Waals surface area contributed by atoms with Crippen molar-refractivity contribution in [2.24, 2.45) is 0 Å². The molecule has 0 heterocycles. The average Bonchev–Trinajstić information content (AvgIpc) is 2.09. The zero-order valence-corrected chi connectivity index (χ0v) is 10.4. The smallest absolute Gasteiger partial charge is 0.209 e. The third-order valence-corrected chi connectivity index (χ3v) is 8.77. The molecule has 0 aromatic heterocycles. The minimum atomic E-state index is -1.58. The van der Waals surface area contributed by atoms with Crippen LogP contribution in [0.4, 0.5) is 0 Å². The van der Waals surface area contributed by atoms with E-state index in [0.717, 1.165) is 24.9 Å². The Hall–Kier alpha value is 0.467. The van der Waals surface area contributed by atoms with Crippen molar-refractivity contribution in [2.45, 2.75) is 50.7 Å². The Kier molecular flexibility index (Phi) is 6.24. The minimum absolute atomic E-state index is 0.294. The molecule has 0 saturated carbocycles. The number of rotatable bonds is 6. The van der Waals surface area contributed by atoms with E-state index < -0.39 is 8.32 Å². The van der Waals surface area contributed by atoms with Gasteiger partial charge in [0, 0.05) is 7.11 Å². The molecule has 3 heteroatoms. The maximum Gasteiger partial charge on any atom is 0.209 e. The fraction of sp³-hybridized carbons (Fsp3) is 1.00. The number of hydrogen-bond donors (Lipinski definition) is 0. The lowest BCUT2D eigenvalue weighted by atomic mass is 10.4. The highest BCUT2D eigenvalue weighted by Crippen LogP contribution is 2.27. The lowest BCUT2D eigenvalue weighted by Gasteiger charge is -2.31. The van der Waals surface area contributed by atoms with Crippen LogP contribution in [0.3, 0.4) is 0 Å². The first kappa shape index (κ1) is 12.5. The van der Waals surface area contributed by atoms with Gasteiger partial charge in [-0.1, -0.05) is 27.2 Å². The van der Waals surface area contributed by atoms with Gasteiger partial charge in [-0.3, -0.25) is 0 Å². The average molecular weight is 209 g/mol. The van der Waals surface area contributed by atoms with Crippen molar-refractivity contribution < 1.29 is 4.43 Å². The molecule has 0 aromatic rings. The molecule has 0 aliphatic carbocycles. The SMILES string of the molecule is CCCC(Cl)[Si](CC)(CC)OC. The number of hydrogen-bond acceptors (Lipinski definition) is 1. The van der Waals surface area contributed by atoms with Crippen molar-refractivity contribution in [1.82, 2.24) is 0 Å². The van der Waals surface area contributed by atoms with E-state index in [1.807, 2.05) is 7.11 Å². The van der Waals surface area contributed by atoms with Crippen LogP contribution in [0.2, 0.25) is 12.1 Å². The Morgan fingerprint density at radius 2 is 1.75 bits per heavy atom. The van der Waals surface area contributed by atoms with E-state index in [0.29, 0.717) is 5.00 Å². The van der Waals surface area contributed by atoms with Crippen molar-refractivity contribution >= 4 is 19.9 Å². The number of halogens is 1. The van der Waals surface area contributed by atoms with Crippen LogP contribution < -0.4 is 0 Å². The van der Waals surface area contributed by atoms with Crippen LogP contribution in [0.1, 0.15) is 33.6 Å². The largest absolute Gasteiger partial charge is 0.418 e. The Morgan fingerprint density at radius 3 is 2.00 bits per heavy atom. The van der Waals surface area contributed by atoms with Gasteiger partial charge < -0.3 is 4.43 Å².